The molecule has 3 rings (SSSR count). The van der Waals surface area contributed by atoms with Crippen molar-refractivity contribution < 1.29 is 9.64 Å². The van der Waals surface area contributed by atoms with Crippen LogP contribution in [0.3, 0.4) is 0 Å². The van der Waals surface area contributed by atoms with Gasteiger partial charge in [0.15, 0.2) is 10.6 Å². The molecule has 0 aliphatic carbocycles. The van der Waals surface area contributed by atoms with Gasteiger partial charge < -0.3 is 15.0 Å². The van der Waals surface area contributed by atoms with Gasteiger partial charge in [-0.25, -0.2) is 0 Å². The van der Waals surface area contributed by atoms with Crippen LogP contribution in [0, 0.1) is 17.8 Å². The highest BCUT2D eigenvalue weighted by molar-refractivity contribution is 7.73. The number of nitrogens with zero attached hydrogens (tertiary/aromatic N) is 2. The van der Waals surface area contributed by atoms with Crippen LogP contribution in [0.4, 0.5) is 10.8 Å². The minimum Gasteiger partial charge on any atom is -0.497 e. The Bertz CT molecular complexity index is 963. The number of ether oxygens (including phenoxy) is 1. The van der Waals surface area contributed by atoms with Gasteiger partial charge in [-0.1, -0.05) is 35.1 Å². The summed E-state index contributed by atoms with van der Waals surface area (Å²) in [5, 5.41) is 8.74. The van der Waals surface area contributed by atoms with Gasteiger partial charge in [0.05, 0.1) is 14.2 Å². The minimum atomic E-state index is 0.729. The lowest BCUT2D eigenvalue weighted by Crippen LogP contribution is -3.07. The topological polar surface area (TPSA) is 43.5 Å². The molecule has 142 valence electrons. The number of aromatic nitrogens is 2. The third-order valence-electron chi connectivity index (χ3n) is 4.36. The van der Waals surface area contributed by atoms with Crippen molar-refractivity contribution in [2.75, 3.05) is 19.5 Å². The number of nitrogens with one attached hydrogen (secondary N) is 2. The second kappa shape index (κ2) is 8.65. The predicted molar refractivity (Wildman–Crippen MR) is 114 cm³/mol. The van der Waals surface area contributed by atoms with Gasteiger partial charge in [0.25, 0.3) is 0 Å². The first-order valence-electron chi connectivity index (χ1n) is 8.81. The summed E-state index contributed by atoms with van der Waals surface area (Å²) in [6.45, 7) is 5.96. The highest BCUT2D eigenvalue weighted by atomic mass is 32.1. The average Bonchev–Trinajstić information content (AvgIpc) is 2.97. The predicted octanol–water partition coefficient (Wildman–Crippen LogP) is 3.72. The van der Waals surface area contributed by atoms with Gasteiger partial charge in [0.2, 0.25) is 5.13 Å². The van der Waals surface area contributed by atoms with E-state index in [0.717, 1.165) is 33.7 Å². The fourth-order valence-electron chi connectivity index (χ4n) is 2.94. The van der Waals surface area contributed by atoms with Crippen LogP contribution >= 0.6 is 23.6 Å². The van der Waals surface area contributed by atoms with Gasteiger partial charge in [-0.3, -0.25) is 0 Å². The van der Waals surface area contributed by atoms with Crippen molar-refractivity contribution in [2.24, 2.45) is 0 Å². The van der Waals surface area contributed by atoms with E-state index >= 15 is 0 Å². The van der Waals surface area contributed by atoms with E-state index in [0.29, 0.717) is 0 Å². The Hall–Kier alpha value is -2.22. The number of aryl methyl sites for hydroxylation is 2. The zero-order chi connectivity index (χ0) is 19.4. The van der Waals surface area contributed by atoms with Crippen molar-refractivity contribution in [3.05, 3.63) is 63.1 Å². The SMILES string of the molecule is COc1ccc(Nc2nn(C[NH+](C)Cc3ccc(C)cc3C)c(=S)s2)cc1. The molecule has 0 amide bonds. The van der Waals surface area contributed by atoms with Crippen LogP contribution in [0.1, 0.15) is 16.7 Å². The maximum Gasteiger partial charge on any atom is 0.209 e. The molecule has 3 aromatic rings. The largest absolute Gasteiger partial charge is 0.497 e. The summed E-state index contributed by atoms with van der Waals surface area (Å²) in [4.78, 5) is 1.33. The van der Waals surface area contributed by atoms with E-state index in [1.165, 1.54) is 32.9 Å². The first-order valence-corrected chi connectivity index (χ1v) is 10.0. The van der Waals surface area contributed by atoms with Gasteiger partial charge in [0.1, 0.15) is 12.3 Å². The van der Waals surface area contributed by atoms with Crippen LogP contribution in [0.15, 0.2) is 42.5 Å². The van der Waals surface area contributed by atoms with Crippen LogP contribution in [0.5, 0.6) is 5.75 Å². The molecule has 0 aliphatic rings. The molecule has 7 heteroatoms. The van der Waals surface area contributed by atoms with Crippen LogP contribution in [0.2, 0.25) is 0 Å². The number of hydrogen-bond donors (Lipinski definition) is 2. The Morgan fingerprint density at radius 1 is 1.19 bits per heavy atom. The molecule has 0 radical (unpaired) electrons. The number of methoxy groups -OCH3 is 1. The molecule has 2 N–H and O–H groups in total. The molecule has 0 saturated heterocycles. The van der Waals surface area contributed by atoms with E-state index in [4.69, 9.17) is 17.0 Å². The van der Waals surface area contributed by atoms with E-state index in [9.17, 15) is 0 Å². The summed E-state index contributed by atoms with van der Waals surface area (Å²) in [7, 11) is 3.82. The molecule has 2 aromatic carbocycles. The second-order valence-corrected chi connectivity index (χ2v) is 8.37. The first-order chi connectivity index (χ1) is 12.9. The van der Waals surface area contributed by atoms with E-state index < -0.39 is 0 Å². The van der Waals surface area contributed by atoms with Gasteiger partial charge in [-0.05, 0) is 55.9 Å². The molecule has 1 heterocycles. The minimum absolute atomic E-state index is 0.729. The fraction of sp³-hybridized carbons (Fsp3) is 0.300. The zero-order valence-corrected chi connectivity index (χ0v) is 17.7. The van der Waals surface area contributed by atoms with E-state index in [-0.39, 0.29) is 0 Å². The van der Waals surface area contributed by atoms with Crippen molar-refractivity contribution in [1.29, 1.82) is 0 Å². The summed E-state index contributed by atoms with van der Waals surface area (Å²) in [6, 6.07) is 14.4. The molecule has 1 atom stereocenters. The van der Waals surface area contributed by atoms with Gasteiger partial charge in [0, 0.05) is 11.3 Å². The molecule has 0 bridgehead atoms. The van der Waals surface area contributed by atoms with Crippen molar-refractivity contribution >= 4 is 34.4 Å². The third kappa shape index (κ3) is 5.15. The lowest BCUT2D eigenvalue weighted by molar-refractivity contribution is -0.917. The Morgan fingerprint density at radius 2 is 1.93 bits per heavy atom. The summed E-state index contributed by atoms with van der Waals surface area (Å²) < 4.78 is 7.85. The molecular weight excluding hydrogens is 376 g/mol. The monoisotopic (exact) mass is 401 g/mol. The van der Waals surface area contributed by atoms with E-state index in [1.54, 1.807) is 7.11 Å². The number of anilines is 2. The average molecular weight is 402 g/mol. The summed E-state index contributed by atoms with van der Waals surface area (Å²) >= 11 is 6.98. The number of rotatable bonds is 7. The smallest absolute Gasteiger partial charge is 0.209 e. The summed E-state index contributed by atoms with van der Waals surface area (Å²) in [6.07, 6.45) is 0. The highest BCUT2D eigenvalue weighted by Crippen LogP contribution is 2.22. The van der Waals surface area contributed by atoms with Gasteiger partial charge in [-0.2, -0.15) is 4.68 Å². The number of benzene rings is 2. The lowest BCUT2D eigenvalue weighted by Gasteiger charge is -2.15. The van der Waals surface area contributed by atoms with Crippen molar-refractivity contribution in [3.63, 3.8) is 0 Å². The molecule has 1 aromatic heterocycles. The highest BCUT2D eigenvalue weighted by Gasteiger charge is 2.11. The quantitative estimate of drug-likeness (QED) is 0.592. The molecule has 0 spiro atoms. The second-order valence-electron chi connectivity index (χ2n) is 6.75. The number of hydrogen-bond acceptors (Lipinski definition) is 5. The van der Waals surface area contributed by atoms with Crippen molar-refractivity contribution in [1.82, 2.24) is 9.78 Å². The molecule has 1 unspecified atom stereocenters. The molecule has 0 aliphatic heterocycles. The van der Waals surface area contributed by atoms with Crippen LogP contribution < -0.4 is 15.0 Å². The van der Waals surface area contributed by atoms with Crippen LogP contribution in [-0.2, 0) is 13.2 Å². The van der Waals surface area contributed by atoms with Gasteiger partial charge >= 0.3 is 0 Å². The Balaban J connectivity index is 1.65. The van der Waals surface area contributed by atoms with Crippen LogP contribution in [-0.4, -0.2) is 23.9 Å². The van der Waals surface area contributed by atoms with Crippen molar-refractivity contribution in [2.45, 2.75) is 27.1 Å². The molecule has 5 nitrogen and oxygen atoms in total. The molecule has 27 heavy (non-hydrogen) atoms. The Kier molecular flexibility index (Phi) is 6.26. The Labute approximate surface area is 169 Å². The maximum absolute atomic E-state index is 5.50. The fourth-order valence-corrected chi connectivity index (χ4v) is 3.96. The zero-order valence-electron chi connectivity index (χ0n) is 16.1. The lowest BCUT2D eigenvalue weighted by atomic mass is 10.1. The summed E-state index contributed by atoms with van der Waals surface area (Å²) in [5.41, 5.74) is 4.95. The first kappa shape index (κ1) is 19.5. The summed E-state index contributed by atoms with van der Waals surface area (Å²) in [5.74, 6) is 0.829. The van der Waals surface area contributed by atoms with E-state index in [1.807, 2.05) is 28.9 Å². The molecule has 0 fully saturated rings. The molecule has 0 saturated carbocycles. The standard InChI is InChI=1S/C20H24N4OS2/c1-14-5-6-16(15(2)11-14)12-23(3)13-24-20(26)27-19(22-24)21-17-7-9-18(25-4)10-8-17/h5-11H,12-13H2,1-4H3,(H,21,22)/p+1. The van der Waals surface area contributed by atoms with Crippen LogP contribution in [0.25, 0.3) is 0 Å². The normalized spacial score (nSPS) is 12.0. The third-order valence-corrected chi connectivity index (χ3v) is 5.58. The van der Waals surface area contributed by atoms with Gasteiger partial charge in [-0.15, -0.1) is 5.10 Å². The van der Waals surface area contributed by atoms with E-state index in [2.05, 4.69) is 49.5 Å². The number of quaternary nitrogens is 1. The Morgan fingerprint density at radius 3 is 2.59 bits per heavy atom. The maximum atomic E-state index is 5.50. The van der Waals surface area contributed by atoms with Crippen molar-refractivity contribution in [3.8, 4) is 5.75 Å². The molecular formula is C20H25N4OS2+.